The molecule has 1 heterocycles. The molecule has 0 aromatic heterocycles. The van der Waals surface area contributed by atoms with Crippen molar-refractivity contribution in [1.29, 1.82) is 0 Å². The van der Waals surface area contributed by atoms with Gasteiger partial charge in [0.25, 0.3) is 0 Å². The Kier molecular flexibility index (Phi) is 6.45. The fourth-order valence-corrected chi connectivity index (χ4v) is 3.91. The summed E-state index contributed by atoms with van der Waals surface area (Å²) in [4.78, 5) is 12.3. The quantitative estimate of drug-likeness (QED) is 0.790. The van der Waals surface area contributed by atoms with Crippen LogP contribution in [0.4, 0.5) is 0 Å². The zero-order valence-corrected chi connectivity index (χ0v) is 14.4. The van der Waals surface area contributed by atoms with Crippen molar-refractivity contribution in [3.8, 4) is 0 Å². The van der Waals surface area contributed by atoms with Crippen LogP contribution in [-0.2, 0) is 4.79 Å². The van der Waals surface area contributed by atoms with Gasteiger partial charge in [0.05, 0.1) is 12.1 Å². The van der Waals surface area contributed by atoms with E-state index in [-0.39, 0.29) is 30.9 Å². The van der Waals surface area contributed by atoms with Gasteiger partial charge in [0.15, 0.2) is 0 Å². The minimum atomic E-state index is -0.645. The molecule has 0 spiro atoms. The highest BCUT2D eigenvalue weighted by Crippen LogP contribution is 2.33. The van der Waals surface area contributed by atoms with E-state index in [1.54, 1.807) is 0 Å². The molecule has 1 aliphatic carbocycles. The summed E-state index contributed by atoms with van der Waals surface area (Å²) in [6.45, 7) is 2.25. The number of fused-ring (bicyclic) bond motifs is 1. The molecule has 0 bridgehead atoms. The molecule has 4 atom stereocenters. The number of rotatable bonds is 4. The van der Waals surface area contributed by atoms with Gasteiger partial charge in [-0.1, -0.05) is 37.1 Å². The second-order valence-corrected chi connectivity index (χ2v) is 6.72. The van der Waals surface area contributed by atoms with Crippen LogP contribution in [0.3, 0.4) is 0 Å². The number of amides is 1. The Labute approximate surface area is 144 Å². The van der Waals surface area contributed by atoms with Crippen molar-refractivity contribution in [3.63, 3.8) is 0 Å². The Bertz CT molecular complexity index is 524. The number of benzene rings is 1. The van der Waals surface area contributed by atoms with Crippen LogP contribution in [0.15, 0.2) is 24.3 Å². The largest absolute Gasteiger partial charge is 0.387 e. The smallest absolute Gasteiger partial charge is 0.237 e. The van der Waals surface area contributed by atoms with Crippen molar-refractivity contribution in [2.45, 2.75) is 57.2 Å². The van der Waals surface area contributed by atoms with E-state index in [1.807, 2.05) is 31.2 Å². The van der Waals surface area contributed by atoms with Crippen molar-refractivity contribution in [3.05, 3.63) is 35.4 Å². The second-order valence-electron chi connectivity index (χ2n) is 6.72. The van der Waals surface area contributed by atoms with Crippen LogP contribution < -0.4 is 10.6 Å². The number of carbonyl (C=O) groups excluding carboxylic acids is 1. The standard InChI is InChI=1S/C18H26N2O2.ClH/c1-12-6-2-4-8-14(12)17(21)11-19-18(22)16-10-13-7-3-5-9-15(13)20-16;/h2,4,6,8,13,15-17,20-21H,3,5,7,9-11H2,1H3,(H,19,22);1H. The molecule has 1 aromatic rings. The number of aryl methyl sites for hydroxylation is 1. The average molecular weight is 339 g/mol. The van der Waals surface area contributed by atoms with Crippen LogP contribution in [0.5, 0.6) is 0 Å². The molecule has 128 valence electrons. The van der Waals surface area contributed by atoms with Gasteiger partial charge in [0.2, 0.25) is 5.91 Å². The van der Waals surface area contributed by atoms with Crippen LogP contribution in [-0.4, -0.2) is 29.6 Å². The summed E-state index contributed by atoms with van der Waals surface area (Å²) in [5.74, 6) is 0.688. The van der Waals surface area contributed by atoms with Gasteiger partial charge in [-0.05, 0) is 43.2 Å². The summed E-state index contributed by atoms with van der Waals surface area (Å²) in [6.07, 6.45) is 5.30. The first-order valence-corrected chi connectivity index (χ1v) is 8.42. The number of aliphatic hydroxyl groups is 1. The monoisotopic (exact) mass is 338 g/mol. The first-order chi connectivity index (χ1) is 10.6. The van der Waals surface area contributed by atoms with Gasteiger partial charge in [0, 0.05) is 12.6 Å². The number of halogens is 1. The predicted molar refractivity (Wildman–Crippen MR) is 93.7 cm³/mol. The van der Waals surface area contributed by atoms with Gasteiger partial charge < -0.3 is 15.7 Å². The molecule has 1 aliphatic heterocycles. The van der Waals surface area contributed by atoms with Gasteiger partial charge >= 0.3 is 0 Å². The fourth-order valence-electron chi connectivity index (χ4n) is 3.91. The Balaban J connectivity index is 0.00000192. The maximum absolute atomic E-state index is 12.3. The number of aliphatic hydroxyl groups excluding tert-OH is 1. The van der Waals surface area contributed by atoms with E-state index < -0.39 is 6.10 Å². The topological polar surface area (TPSA) is 61.4 Å². The van der Waals surface area contributed by atoms with Crippen molar-refractivity contribution in [1.82, 2.24) is 10.6 Å². The zero-order valence-electron chi connectivity index (χ0n) is 13.6. The van der Waals surface area contributed by atoms with Crippen LogP contribution in [0.2, 0.25) is 0 Å². The number of hydrogen-bond acceptors (Lipinski definition) is 3. The first-order valence-electron chi connectivity index (χ1n) is 8.42. The van der Waals surface area contributed by atoms with Crippen LogP contribution >= 0.6 is 12.4 Å². The first kappa shape index (κ1) is 18.2. The molecule has 1 aromatic carbocycles. The average Bonchev–Trinajstić information content (AvgIpc) is 2.97. The summed E-state index contributed by atoms with van der Waals surface area (Å²) in [5, 5.41) is 16.6. The highest BCUT2D eigenvalue weighted by atomic mass is 35.5. The molecular weight excluding hydrogens is 312 g/mol. The molecule has 0 radical (unpaired) electrons. The van der Waals surface area contributed by atoms with E-state index in [1.165, 1.54) is 25.7 Å². The third kappa shape index (κ3) is 4.25. The molecule has 4 unspecified atom stereocenters. The predicted octanol–water partition coefficient (Wildman–Crippen LogP) is 2.49. The summed E-state index contributed by atoms with van der Waals surface area (Å²) >= 11 is 0. The Morgan fingerprint density at radius 3 is 2.83 bits per heavy atom. The van der Waals surface area contributed by atoms with Gasteiger partial charge in [-0.25, -0.2) is 0 Å². The summed E-state index contributed by atoms with van der Waals surface area (Å²) in [7, 11) is 0. The highest BCUT2D eigenvalue weighted by molar-refractivity contribution is 5.85. The van der Waals surface area contributed by atoms with Gasteiger partial charge in [0.1, 0.15) is 0 Å². The minimum Gasteiger partial charge on any atom is -0.387 e. The van der Waals surface area contributed by atoms with E-state index in [0.29, 0.717) is 12.0 Å². The fraction of sp³-hybridized carbons (Fsp3) is 0.611. The lowest BCUT2D eigenvalue weighted by Crippen LogP contribution is -2.44. The molecule has 23 heavy (non-hydrogen) atoms. The number of nitrogens with one attached hydrogen (secondary N) is 2. The van der Waals surface area contributed by atoms with Crippen molar-refractivity contribution in [2.24, 2.45) is 5.92 Å². The minimum absolute atomic E-state index is 0. The number of hydrogen-bond donors (Lipinski definition) is 3. The third-order valence-electron chi connectivity index (χ3n) is 5.20. The molecule has 1 saturated carbocycles. The van der Waals surface area contributed by atoms with Gasteiger partial charge in [-0.2, -0.15) is 0 Å². The second kappa shape index (κ2) is 8.13. The van der Waals surface area contributed by atoms with Crippen molar-refractivity contribution in [2.75, 3.05) is 6.54 Å². The Morgan fingerprint density at radius 2 is 2.09 bits per heavy atom. The molecule has 3 rings (SSSR count). The normalized spacial score (nSPS) is 27.7. The van der Waals surface area contributed by atoms with Crippen molar-refractivity contribution < 1.29 is 9.90 Å². The van der Waals surface area contributed by atoms with E-state index in [0.717, 1.165) is 17.5 Å². The van der Waals surface area contributed by atoms with E-state index >= 15 is 0 Å². The van der Waals surface area contributed by atoms with Gasteiger partial charge in [-0.3, -0.25) is 4.79 Å². The van der Waals surface area contributed by atoms with E-state index in [4.69, 9.17) is 0 Å². The molecule has 1 amide bonds. The molecule has 1 saturated heterocycles. The SMILES string of the molecule is Cc1ccccc1C(O)CNC(=O)C1CC2CCCCC2N1.Cl. The maximum atomic E-state index is 12.3. The lowest BCUT2D eigenvalue weighted by Gasteiger charge is -2.24. The lowest BCUT2D eigenvalue weighted by molar-refractivity contribution is -0.123. The van der Waals surface area contributed by atoms with Crippen LogP contribution in [0.25, 0.3) is 0 Å². The van der Waals surface area contributed by atoms with Crippen LogP contribution in [0.1, 0.15) is 49.3 Å². The van der Waals surface area contributed by atoms with E-state index in [2.05, 4.69) is 10.6 Å². The Hall–Kier alpha value is -1.10. The lowest BCUT2D eigenvalue weighted by atomic mass is 9.85. The molecule has 5 heteroatoms. The summed E-state index contributed by atoms with van der Waals surface area (Å²) < 4.78 is 0. The van der Waals surface area contributed by atoms with E-state index in [9.17, 15) is 9.90 Å². The maximum Gasteiger partial charge on any atom is 0.237 e. The van der Waals surface area contributed by atoms with Crippen LogP contribution in [0, 0.1) is 12.8 Å². The zero-order chi connectivity index (χ0) is 15.5. The summed E-state index contributed by atoms with van der Waals surface area (Å²) in [5.41, 5.74) is 1.94. The molecule has 3 N–H and O–H groups in total. The number of carbonyl (C=O) groups is 1. The molecule has 2 fully saturated rings. The summed E-state index contributed by atoms with van der Waals surface area (Å²) in [6, 6.07) is 8.19. The molecule has 2 aliphatic rings. The van der Waals surface area contributed by atoms with Crippen molar-refractivity contribution >= 4 is 18.3 Å². The highest BCUT2D eigenvalue weighted by Gasteiger charge is 2.38. The molecular formula is C18H27ClN2O2. The molecule has 4 nitrogen and oxygen atoms in total. The Morgan fingerprint density at radius 1 is 1.35 bits per heavy atom. The van der Waals surface area contributed by atoms with Gasteiger partial charge in [-0.15, -0.1) is 12.4 Å². The third-order valence-corrected chi connectivity index (χ3v) is 5.20.